The van der Waals surface area contributed by atoms with Crippen LogP contribution in [-0.4, -0.2) is 19.7 Å². The van der Waals surface area contributed by atoms with Crippen LogP contribution < -0.4 is 11.3 Å². The fraction of sp³-hybridized carbons (Fsp3) is 0.500. The highest BCUT2D eigenvalue weighted by atomic mass is 15.3. The zero-order valence-corrected chi connectivity index (χ0v) is 12.3. The molecular weight excluding hydrogens is 252 g/mol. The van der Waals surface area contributed by atoms with Crippen molar-refractivity contribution in [2.24, 2.45) is 5.84 Å². The summed E-state index contributed by atoms with van der Waals surface area (Å²) in [5.74, 6) is 6.44. The molecule has 0 saturated heterocycles. The molecule has 0 radical (unpaired) electrons. The fourth-order valence-corrected chi connectivity index (χ4v) is 2.25. The van der Waals surface area contributed by atoms with Crippen molar-refractivity contribution in [2.75, 3.05) is 0 Å². The maximum Gasteiger partial charge on any atom is 0.125 e. The van der Waals surface area contributed by atoms with Crippen LogP contribution >= 0.6 is 0 Å². The zero-order valence-electron chi connectivity index (χ0n) is 12.3. The third-order valence-electron chi connectivity index (χ3n) is 3.34. The van der Waals surface area contributed by atoms with Crippen LogP contribution in [0.2, 0.25) is 0 Å². The van der Waals surface area contributed by atoms with Gasteiger partial charge in [0.1, 0.15) is 5.82 Å². The van der Waals surface area contributed by atoms with E-state index in [1.807, 2.05) is 17.7 Å². The van der Waals surface area contributed by atoms with Gasteiger partial charge in [-0.25, -0.2) is 9.97 Å². The molecule has 0 saturated carbocycles. The molecule has 6 heteroatoms. The van der Waals surface area contributed by atoms with E-state index in [4.69, 9.17) is 5.84 Å². The lowest BCUT2D eigenvalue weighted by atomic mass is 10.1. The molecule has 20 heavy (non-hydrogen) atoms. The van der Waals surface area contributed by atoms with Gasteiger partial charge in [0.2, 0.25) is 0 Å². The predicted octanol–water partition coefficient (Wildman–Crippen LogP) is 1.31. The summed E-state index contributed by atoms with van der Waals surface area (Å²) in [6.07, 6.45) is 3.46. The minimum Gasteiger partial charge on any atom is -0.271 e. The van der Waals surface area contributed by atoms with Crippen LogP contribution in [0.1, 0.15) is 42.8 Å². The predicted molar refractivity (Wildman–Crippen MR) is 77.8 cm³/mol. The van der Waals surface area contributed by atoms with Crippen LogP contribution in [0.15, 0.2) is 18.3 Å². The van der Waals surface area contributed by atoms with Crippen molar-refractivity contribution in [3.63, 3.8) is 0 Å². The van der Waals surface area contributed by atoms with Crippen molar-refractivity contribution < 1.29 is 0 Å². The highest BCUT2D eigenvalue weighted by molar-refractivity contribution is 5.16. The SMILES string of the molecule is CCc1cc(CC(NN)c2ccnc(C)n2)n(CC)n1. The smallest absolute Gasteiger partial charge is 0.125 e. The second-order valence-corrected chi connectivity index (χ2v) is 4.75. The summed E-state index contributed by atoms with van der Waals surface area (Å²) in [5.41, 5.74) is 6.02. The van der Waals surface area contributed by atoms with Gasteiger partial charge in [-0.15, -0.1) is 0 Å². The Morgan fingerprint density at radius 2 is 2.20 bits per heavy atom. The molecule has 0 aliphatic heterocycles. The topological polar surface area (TPSA) is 81.6 Å². The van der Waals surface area contributed by atoms with E-state index in [1.54, 1.807) is 6.20 Å². The van der Waals surface area contributed by atoms with Crippen molar-refractivity contribution in [2.45, 2.75) is 46.2 Å². The van der Waals surface area contributed by atoms with Crippen LogP contribution in [0.4, 0.5) is 0 Å². The number of hydrogen-bond donors (Lipinski definition) is 2. The average Bonchev–Trinajstić information content (AvgIpc) is 2.87. The Labute approximate surface area is 119 Å². The summed E-state index contributed by atoms with van der Waals surface area (Å²) in [7, 11) is 0. The van der Waals surface area contributed by atoms with Crippen molar-refractivity contribution in [3.05, 3.63) is 41.2 Å². The van der Waals surface area contributed by atoms with Crippen molar-refractivity contribution >= 4 is 0 Å². The van der Waals surface area contributed by atoms with Crippen LogP contribution in [0.3, 0.4) is 0 Å². The number of aryl methyl sites for hydroxylation is 3. The van der Waals surface area contributed by atoms with E-state index in [-0.39, 0.29) is 6.04 Å². The molecule has 2 rings (SSSR count). The molecular formula is C14H22N6. The molecule has 0 aliphatic rings. The maximum atomic E-state index is 5.69. The van der Waals surface area contributed by atoms with Crippen LogP contribution in [0.25, 0.3) is 0 Å². The van der Waals surface area contributed by atoms with Crippen LogP contribution in [0.5, 0.6) is 0 Å². The summed E-state index contributed by atoms with van der Waals surface area (Å²) in [6, 6.07) is 4.00. The summed E-state index contributed by atoms with van der Waals surface area (Å²) in [5, 5.41) is 4.56. The third-order valence-corrected chi connectivity index (χ3v) is 3.34. The van der Waals surface area contributed by atoms with Crippen LogP contribution in [0, 0.1) is 6.92 Å². The number of nitrogens with zero attached hydrogens (tertiary/aromatic N) is 4. The Morgan fingerprint density at radius 3 is 2.80 bits per heavy atom. The van der Waals surface area contributed by atoms with Gasteiger partial charge in [0.25, 0.3) is 0 Å². The van der Waals surface area contributed by atoms with E-state index in [9.17, 15) is 0 Å². The molecule has 2 aromatic rings. The van der Waals surface area contributed by atoms with Crippen molar-refractivity contribution in [1.82, 2.24) is 25.2 Å². The first kappa shape index (κ1) is 14.6. The summed E-state index contributed by atoms with van der Waals surface area (Å²) in [6.45, 7) is 6.94. The Hall–Kier alpha value is -1.79. The maximum absolute atomic E-state index is 5.69. The van der Waals surface area contributed by atoms with Gasteiger partial charge in [0.15, 0.2) is 0 Å². The van der Waals surface area contributed by atoms with Gasteiger partial charge in [-0.05, 0) is 32.4 Å². The molecule has 108 valence electrons. The van der Waals surface area contributed by atoms with E-state index in [2.05, 4.69) is 40.4 Å². The molecule has 0 fully saturated rings. The largest absolute Gasteiger partial charge is 0.271 e. The normalized spacial score (nSPS) is 12.6. The molecule has 2 aromatic heterocycles. The Kier molecular flexibility index (Phi) is 4.81. The highest BCUT2D eigenvalue weighted by Crippen LogP contribution is 2.17. The number of nitrogens with one attached hydrogen (secondary N) is 1. The number of hydrogen-bond acceptors (Lipinski definition) is 5. The van der Waals surface area contributed by atoms with Crippen molar-refractivity contribution in [1.29, 1.82) is 0 Å². The number of hydrazine groups is 1. The van der Waals surface area contributed by atoms with Crippen LogP contribution in [-0.2, 0) is 19.4 Å². The lowest BCUT2D eigenvalue weighted by Gasteiger charge is -2.16. The Morgan fingerprint density at radius 1 is 1.40 bits per heavy atom. The van der Waals surface area contributed by atoms with E-state index in [1.165, 1.54) is 5.69 Å². The van der Waals surface area contributed by atoms with E-state index in [0.29, 0.717) is 0 Å². The molecule has 1 atom stereocenters. The zero-order chi connectivity index (χ0) is 14.5. The minimum absolute atomic E-state index is 0.0385. The molecule has 3 N–H and O–H groups in total. The number of rotatable bonds is 6. The van der Waals surface area contributed by atoms with Gasteiger partial charge >= 0.3 is 0 Å². The first-order valence-electron chi connectivity index (χ1n) is 6.99. The van der Waals surface area contributed by atoms with E-state index >= 15 is 0 Å². The summed E-state index contributed by atoms with van der Waals surface area (Å²) >= 11 is 0. The molecule has 2 heterocycles. The Bertz CT molecular complexity index is 563. The van der Waals surface area contributed by atoms with Gasteiger partial charge in [0, 0.05) is 24.9 Å². The average molecular weight is 274 g/mol. The molecule has 0 aromatic carbocycles. The molecule has 0 aliphatic carbocycles. The Balaban J connectivity index is 2.24. The van der Waals surface area contributed by atoms with Gasteiger partial charge in [-0.2, -0.15) is 5.10 Å². The van der Waals surface area contributed by atoms with Crippen molar-refractivity contribution in [3.8, 4) is 0 Å². The van der Waals surface area contributed by atoms with E-state index < -0.39 is 0 Å². The van der Waals surface area contributed by atoms with E-state index in [0.717, 1.165) is 36.6 Å². The first-order valence-corrected chi connectivity index (χ1v) is 6.99. The molecule has 0 amide bonds. The fourth-order valence-electron chi connectivity index (χ4n) is 2.25. The minimum atomic E-state index is -0.0385. The number of aromatic nitrogens is 4. The number of nitrogens with two attached hydrogens (primary N) is 1. The van der Waals surface area contributed by atoms with Gasteiger partial charge in [-0.3, -0.25) is 16.0 Å². The molecule has 0 bridgehead atoms. The monoisotopic (exact) mass is 274 g/mol. The van der Waals surface area contributed by atoms with Gasteiger partial charge in [0.05, 0.1) is 17.4 Å². The third kappa shape index (κ3) is 3.20. The standard InChI is InChI=1S/C14H22N6/c1-4-11-8-12(20(5-2)19-11)9-14(18-15)13-6-7-16-10(3)17-13/h6-8,14,18H,4-5,9,15H2,1-3H3. The molecule has 0 spiro atoms. The lowest BCUT2D eigenvalue weighted by molar-refractivity contribution is 0.505. The summed E-state index contributed by atoms with van der Waals surface area (Å²) in [4.78, 5) is 8.56. The molecule has 1 unspecified atom stereocenters. The summed E-state index contributed by atoms with van der Waals surface area (Å²) < 4.78 is 2.03. The second-order valence-electron chi connectivity index (χ2n) is 4.75. The van der Waals surface area contributed by atoms with Gasteiger partial charge in [-0.1, -0.05) is 6.92 Å². The molecule has 6 nitrogen and oxygen atoms in total. The first-order chi connectivity index (χ1) is 9.67. The lowest BCUT2D eigenvalue weighted by Crippen LogP contribution is -2.31. The second kappa shape index (κ2) is 6.58. The quantitative estimate of drug-likeness (QED) is 0.613. The highest BCUT2D eigenvalue weighted by Gasteiger charge is 2.16. The van der Waals surface area contributed by atoms with Gasteiger partial charge < -0.3 is 0 Å².